The highest BCUT2D eigenvalue weighted by Crippen LogP contribution is 2.32. The number of aliphatic hydroxyl groups is 1. The molecule has 0 bridgehead atoms. The topological polar surface area (TPSA) is 73.6 Å². The van der Waals surface area contributed by atoms with Crippen LogP contribution in [0.5, 0.6) is 5.75 Å². The zero-order chi connectivity index (χ0) is 21.7. The summed E-state index contributed by atoms with van der Waals surface area (Å²) in [5, 5.41) is 15.8. The summed E-state index contributed by atoms with van der Waals surface area (Å²) in [5.74, 6) is 0.479. The lowest BCUT2D eigenvalue weighted by molar-refractivity contribution is -0.140. The molecule has 0 amide bonds. The van der Waals surface area contributed by atoms with Crippen molar-refractivity contribution in [2.75, 3.05) is 14.2 Å². The van der Waals surface area contributed by atoms with E-state index < -0.39 is 5.60 Å². The van der Waals surface area contributed by atoms with Crippen molar-refractivity contribution >= 4 is 5.97 Å². The fourth-order valence-corrected chi connectivity index (χ4v) is 3.30. The summed E-state index contributed by atoms with van der Waals surface area (Å²) >= 11 is 0. The zero-order valence-electron chi connectivity index (χ0n) is 17.9. The summed E-state index contributed by atoms with van der Waals surface area (Å²) in [6.45, 7) is 3.77. The molecular formula is C24H28N2O4. The normalized spacial score (nSPS) is 13.0. The lowest BCUT2D eigenvalue weighted by Gasteiger charge is -2.20. The molecule has 0 spiro atoms. The van der Waals surface area contributed by atoms with Gasteiger partial charge in [-0.25, -0.2) is 4.68 Å². The molecule has 2 aromatic carbocycles. The predicted molar refractivity (Wildman–Crippen MR) is 116 cm³/mol. The number of methoxy groups -OCH3 is 2. The number of rotatable bonds is 8. The maximum absolute atomic E-state index is 11.4. The molecule has 0 saturated heterocycles. The van der Waals surface area contributed by atoms with E-state index >= 15 is 0 Å². The second-order valence-electron chi connectivity index (χ2n) is 7.59. The van der Waals surface area contributed by atoms with Gasteiger partial charge in [-0.1, -0.05) is 29.8 Å². The van der Waals surface area contributed by atoms with Gasteiger partial charge in [0.15, 0.2) is 0 Å². The Labute approximate surface area is 177 Å². The van der Waals surface area contributed by atoms with Gasteiger partial charge in [-0.2, -0.15) is 5.10 Å². The number of esters is 1. The minimum atomic E-state index is -1.18. The van der Waals surface area contributed by atoms with Crippen LogP contribution in [-0.2, 0) is 15.1 Å². The Hall–Kier alpha value is -3.12. The number of nitrogens with zero attached hydrogens (tertiary/aromatic N) is 2. The third-order valence-electron chi connectivity index (χ3n) is 5.20. The fraction of sp³-hybridized carbons (Fsp3) is 0.333. The monoisotopic (exact) mass is 408 g/mol. The van der Waals surface area contributed by atoms with Crippen LogP contribution in [0.4, 0.5) is 0 Å². The molecule has 1 N–H and O–H groups in total. The number of hydrogen-bond donors (Lipinski definition) is 1. The second kappa shape index (κ2) is 9.13. The Balaban J connectivity index is 1.98. The third-order valence-corrected chi connectivity index (χ3v) is 5.20. The molecular weight excluding hydrogens is 380 g/mol. The average Bonchev–Trinajstić information content (AvgIpc) is 3.20. The van der Waals surface area contributed by atoms with E-state index in [9.17, 15) is 9.90 Å². The Kier molecular flexibility index (Phi) is 6.57. The first-order valence-electron chi connectivity index (χ1n) is 9.95. The van der Waals surface area contributed by atoms with Gasteiger partial charge < -0.3 is 14.6 Å². The fourth-order valence-electron chi connectivity index (χ4n) is 3.30. The largest absolute Gasteiger partial charge is 0.497 e. The number of hydrogen-bond acceptors (Lipinski definition) is 5. The SMILES string of the molecule is COC(=O)CCCC(C)(O)c1cc(-c2ccc(C)cc2)n(-c2ccc(OC)cc2)n1. The lowest BCUT2D eigenvalue weighted by atomic mass is 9.94. The summed E-state index contributed by atoms with van der Waals surface area (Å²) in [6.07, 6.45) is 1.17. The Morgan fingerprint density at radius 2 is 1.77 bits per heavy atom. The quantitative estimate of drug-likeness (QED) is 0.559. The first kappa shape index (κ1) is 21.6. The molecule has 3 aromatic rings. The van der Waals surface area contributed by atoms with Gasteiger partial charge in [-0.05, 0) is 57.0 Å². The summed E-state index contributed by atoms with van der Waals surface area (Å²) in [6, 6.07) is 17.7. The molecule has 0 saturated carbocycles. The van der Waals surface area contributed by atoms with Crippen LogP contribution in [0, 0.1) is 6.92 Å². The maximum Gasteiger partial charge on any atom is 0.305 e. The van der Waals surface area contributed by atoms with Gasteiger partial charge in [-0.15, -0.1) is 0 Å². The molecule has 0 fully saturated rings. The summed E-state index contributed by atoms with van der Waals surface area (Å²) in [5.41, 5.74) is 3.29. The van der Waals surface area contributed by atoms with Gasteiger partial charge >= 0.3 is 5.97 Å². The summed E-state index contributed by atoms with van der Waals surface area (Å²) in [4.78, 5) is 11.4. The molecule has 1 atom stereocenters. The number of aryl methyl sites for hydroxylation is 1. The van der Waals surface area contributed by atoms with E-state index in [1.165, 1.54) is 12.7 Å². The molecule has 1 aromatic heterocycles. The molecule has 0 aliphatic carbocycles. The zero-order valence-corrected chi connectivity index (χ0v) is 17.9. The molecule has 3 rings (SSSR count). The minimum Gasteiger partial charge on any atom is -0.497 e. The second-order valence-corrected chi connectivity index (χ2v) is 7.59. The van der Waals surface area contributed by atoms with E-state index in [1.807, 2.05) is 54.1 Å². The van der Waals surface area contributed by atoms with Crippen LogP contribution in [0.15, 0.2) is 54.6 Å². The van der Waals surface area contributed by atoms with Crippen molar-refractivity contribution in [3.8, 4) is 22.7 Å². The van der Waals surface area contributed by atoms with Crippen molar-refractivity contribution in [3.05, 3.63) is 65.9 Å². The van der Waals surface area contributed by atoms with Gasteiger partial charge in [-0.3, -0.25) is 4.79 Å². The summed E-state index contributed by atoms with van der Waals surface area (Å²) < 4.78 is 11.8. The number of benzene rings is 2. The van der Waals surface area contributed by atoms with E-state index in [4.69, 9.17) is 9.84 Å². The van der Waals surface area contributed by atoms with Gasteiger partial charge in [0.1, 0.15) is 11.4 Å². The molecule has 30 heavy (non-hydrogen) atoms. The highest BCUT2D eigenvalue weighted by atomic mass is 16.5. The van der Waals surface area contributed by atoms with Gasteiger partial charge in [0.05, 0.1) is 31.3 Å². The van der Waals surface area contributed by atoms with Crippen molar-refractivity contribution in [2.24, 2.45) is 0 Å². The summed E-state index contributed by atoms with van der Waals surface area (Å²) in [7, 11) is 3.00. The molecule has 1 unspecified atom stereocenters. The van der Waals surface area contributed by atoms with E-state index in [2.05, 4.69) is 16.9 Å². The number of aromatic nitrogens is 2. The van der Waals surface area contributed by atoms with Crippen molar-refractivity contribution in [2.45, 2.75) is 38.7 Å². The van der Waals surface area contributed by atoms with E-state index in [0.29, 0.717) is 18.5 Å². The van der Waals surface area contributed by atoms with Crippen molar-refractivity contribution in [1.29, 1.82) is 0 Å². The molecule has 6 heteroatoms. The Morgan fingerprint density at radius 1 is 1.10 bits per heavy atom. The van der Waals surface area contributed by atoms with Crippen molar-refractivity contribution in [1.82, 2.24) is 9.78 Å². The van der Waals surface area contributed by atoms with Crippen LogP contribution >= 0.6 is 0 Å². The maximum atomic E-state index is 11.4. The predicted octanol–water partition coefficient (Wildman–Crippen LogP) is 4.41. The van der Waals surface area contributed by atoms with Gasteiger partial charge in [0.25, 0.3) is 0 Å². The molecule has 6 nitrogen and oxygen atoms in total. The lowest BCUT2D eigenvalue weighted by Crippen LogP contribution is -2.22. The molecule has 158 valence electrons. The van der Waals surface area contributed by atoms with Crippen molar-refractivity contribution in [3.63, 3.8) is 0 Å². The van der Waals surface area contributed by atoms with Crippen molar-refractivity contribution < 1.29 is 19.4 Å². The van der Waals surface area contributed by atoms with Crippen LogP contribution in [0.2, 0.25) is 0 Å². The van der Waals surface area contributed by atoms with Crippen LogP contribution in [0.3, 0.4) is 0 Å². The third kappa shape index (κ3) is 4.89. The Bertz CT molecular complexity index is 989. The van der Waals surface area contributed by atoms with Gasteiger partial charge in [0.2, 0.25) is 0 Å². The van der Waals surface area contributed by atoms with Crippen LogP contribution in [-0.4, -0.2) is 35.1 Å². The van der Waals surface area contributed by atoms with Crippen LogP contribution in [0.25, 0.3) is 16.9 Å². The van der Waals surface area contributed by atoms with Gasteiger partial charge in [0, 0.05) is 12.0 Å². The molecule has 0 aliphatic rings. The molecule has 1 heterocycles. The van der Waals surface area contributed by atoms with E-state index in [-0.39, 0.29) is 12.4 Å². The van der Waals surface area contributed by atoms with Crippen LogP contribution < -0.4 is 4.74 Å². The number of carbonyl (C=O) groups is 1. The van der Waals surface area contributed by atoms with E-state index in [1.54, 1.807) is 14.0 Å². The first-order valence-corrected chi connectivity index (χ1v) is 9.95. The minimum absolute atomic E-state index is 0.261. The highest BCUT2D eigenvalue weighted by Gasteiger charge is 2.28. The van der Waals surface area contributed by atoms with Crippen LogP contribution in [0.1, 0.15) is 37.4 Å². The average molecular weight is 408 g/mol. The standard InChI is InChI=1S/C24H28N2O4/c1-17-7-9-18(10-8-17)21-16-22(24(2,28)15-5-6-23(27)30-4)25-26(21)19-11-13-20(29-3)14-12-19/h7-14,16,28H,5-6,15H2,1-4H3. The molecule has 0 radical (unpaired) electrons. The smallest absolute Gasteiger partial charge is 0.305 e. The first-order chi connectivity index (χ1) is 14.3. The number of ether oxygens (including phenoxy) is 2. The van der Waals surface area contributed by atoms with E-state index in [0.717, 1.165) is 22.7 Å². The Morgan fingerprint density at radius 3 is 2.37 bits per heavy atom. The number of carbonyl (C=O) groups excluding carboxylic acids is 1. The molecule has 0 aliphatic heterocycles. The highest BCUT2D eigenvalue weighted by molar-refractivity contribution is 5.69.